The van der Waals surface area contributed by atoms with Crippen molar-refractivity contribution in [3.63, 3.8) is 0 Å². The van der Waals surface area contributed by atoms with Crippen molar-refractivity contribution in [1.82, 2.24) is 0 Å². The SMILES string of the molecule is CO[C@H]1Oc2cc(O)ccc2-c2c1oc1cc(O)c(C)c(O)c1c2=O. The highest BCUT2D eigenvalue weighted by molar-refractivity contribution is 5.91. The van der Waals surface area contributed by atoms with Crippen LogP contribution in [0.1, 0.15) is 17.6 Å². The third kappa shape index (κ3) is 2.06. The number of rotatable bonds is 1. The van der Waals surface area contributed by atoms with E-state index in [4.69, 9.17) is 13.9 Å². The molecule has 0 fully saturated rings. The lowest BCUT2D eigenvalue weighted by molar-refractivity contribution is -0.0717. The van der Waals surface area contributed by atoms with E-state index in [0.29, 0.717) is 5.56 Å². The Balaban J connectivity index is 2.17. The lowest BCUT2D eigenvalue weighted by Gasteiger charge is -2.26. The van der Waals surface area contributed by atoms with Gasteiger partial charge in [0.05, 0.1) is 5.56 Å². The summed E-state index contributed by atoms with van der Waals surface area (Å²) in [4.78, 5) is 13.1. The Labute approximate surface area is 141 Å². The lowest BCUT2D eigenvalue weighted by atomic mass is 9.97. The summed E-state index contributed by atoms with van der Waals surface area (Å²) in [5.74, 6) is -0.163. The number of benzene rings is 2. The number of ether oxygens (including phenoxy) is 2. The summed E-state index contributed by atoms with van der Waals surface area (Å²) in [5.41, 5.74) is 0.329. The van der Waals surface area contributed by atoms with Gasteiger partial charge in [0.25, 0.3) is 6.29 Å². The zero-order valence-electron chi connectivity index (χ0n) is 13.4. The average molecular weight is 342 g/mol. The first-order valence-electron chi connectivity index (χ1n) is 7.47. The fraction of sp³-hybridized carbons (Fsp3) is 0.167. The molecule has 0 amide bonds. The molecule has 0 bridgehead atoms. The fourth-order valence-corrected chi connectivity index (χ4v) is 3.00. The summed E-state index contributed by atoms with van der Waals surface area (Å²) >= 11 is 0. The minimum absolute atomic E-state index is 0.0224. The Hall–Kier alpha value is -3.19. The van der Waals surface area contributed by atoms with Crippen LogP contribution in [0.4, 0.5) is 0 Å². The molecule has 4 rings (SSSR count). The third-order valence-corrected chi connectivity index (χ3v) is 4.31. The van der Waals surface area contributed by atoms with E-state index in [1.165, 1.54) is 38.3 Å². The number of hydrogen-bond acceptors (Lipinski definition) is 7. The summed E-state index contributed by atoms with van der Waals surface area (Å²) in [6, 6.07) is 5.59. The molecule has 2 aromatic carbocycles. The van der Waals surface area contributed by atoms with Crippen molar-refractivity contribution in [3.05, 3.63) is 45.8 Å². The normalized spacial score (nSPS) is 15.5. The minimum Gasteiger partial charge on any atom is -0.508 e. The largest absolute Gasteiger partial charge is 0.508 e. The quantitative estimate of drug-likeness (QED) is 0.624. The number of fused-ring (bicyclic) bond motifs is 4. The van der Waals surface area contributed by atoms with Crippen molar-refractivity contribution >= 4 is 11.0 Å². The van der Waals surface area contributed by atoms with Gasteiger partial charge in [-0.15, -0.1) is 0 Å². The molecule has 1 aliphatic heterocycles. The highest BCUT2D eigenvalue weighted by atomic mass is 16.7. The van der Waals surface area contributed by atoms with Crippen molar-refractivity contribution in [1.29, 1.82) is 0 Å². The number of hydrogen-bond donors (Lipinski definition) is 3. The van der Waals surface area contributed by atoms with Crippen LogP contribution in [0.15, 0.2) is 33.5 Å². The van der Waals surface area contributed by atoms with Crippen molar-refractivity contribution in [2.45, 2.75) is 13.2 Å². The van der Waals surface area contributed by atoms with Gasteiger partial charge in [-0.1, -0.05) is 0 Å². The van der Waals surface area contributed by atoms with E-state index in [1.54, 1.807) is 0 Å². The summed E-state index contributed by atoms with van der Waals surface area (Å²) in [6.45, 7) is 1.50. The zero-order chi connectivity index (χ0) is 17.9. The van der Waals surface area contributed by atoms with Gasteiger partial charge in [-0.2, -0.15) is 0 Å². The maximum atomic E-state index is 13.1. The summed E-state index contributed by atoms with van der Waals surface area (Å²) in [6.07, 6.45) is -1.01. The van der Waals surface area contributed by atoms with Gasteiger partial charge in [0, 0.05) is 30.4 Å². The third-order valence-electron chi connectivity index (χ3n) is 4.31. The van der Waals surface area contributed by atoms with Crippen LogP contribution in [0.25, 0.3) is 22.1 Å². The average Bonchev–Trinajstić information content (AvgIpc) is 2.58. The summed E-state index contributed by atoms with van der Waals surface area (Å²) in [7, 11) is 1.39. The molecule has 2 heterocycles. The van der Waals surface area contributed by atoms with Gasteiger partial charge in [0.2, 0.25) is 5.43 Å². The van der Waals surface area contributed by atoms with Crippen molar-refractivity contribution in [2.24, 2.45) is 0 Å². The molecule has 0 spiro atoms. The van der Waals surface area contributed by atoms with Crippen LogP contribution in [0.2, 0.25) is 0 Å². The Morgan fingerprint density at radius 3 is 2.64 bits per heavy atom. The van der Waals surface area contributed by atoms with Gasteiger partial charge in [-0.05, 0) is 19.1 Å². The van der Waals surface area contributed by atoms with Gasteiger partial charge in [-0.25, -0.2) is 0 Å². The fourth-order valence-electron chi connectivity index (χ4n) is 3.00. The molecule has 7 nitrogen and oxygen atoms in total. The topological polar surface area (TPSA) is 109 Å². The first-order valence-corrected chi connectivity index (χ1v) is 7.47. The summed E-state index contributed by atoms with van der Waals surface area (Å²) in [5, 5.41) is 29.8. The van der Waals surface area contributed by atoms with Crippen LogP contribution in [0, 0.1) is 6.92 Å². The second kappa shape index (κ2) is 5.15. The number of phenols is 3. The number of phenolic OH excluding ortho intramolecular Hbond substituents is 3. The molecule has 3 aromatic rings. The smallest absolute Gasteiger partial charge is 0.259 e. The highest BCUT2D eigenvalue weighted by Crippen LogP contribution is 2.45. The molecule has 0 radical (unpaired) electrons. The van der Waals surface area contributed by atoms with Crippen LogP contribution in [0.3, 0.4) is 0 Å². The maximum absolute atomic E-state index is 13.1. The molecule has 7 heteroatoms. The molecular weight excluding hydrogens is 328 g/mol. The van der Waals surface area contributed by atoms with Crippen molar-refractivity contribution < 1.29 is 29.2 Å². The van der Waals surface area contributed by atoms with Gasteiger partial charge < -0.3 is 29.2 Å². The van der Waals surface area contributed by atoms with E-state index < -0.39 is 11.7 Å². The Morgan fingerprint density at radius 2 is 1.92 bits per heavy atom. The number of methoxy groups -OCH3 is 1. The number of aromatic hydroxyl groups is 3. The maximum Gasteiger partial charge on any atom is 0.259 e. The van der Waals surface area contributed by atoms with Crippen molar-refractivity contribution in [3.8, 4) is 34.1 Å². The molecule has 0 unspecified atom stereocenters. The second-order valence-corrected chi connectivity index (χ2v) is 5.78. The summed E-state index contributed by atoms with van der Waals surface area (Å²) < 4.78 is 16.6. The predicted octanol–water partition coefficient (Wildman–Crippen LogP) is 2.92. The van der Waals surface area contributed by atoms with Crippen LogP contribution >= 0.6 is 0 Å². The molecule has 0 aliphatic carbocycles. The first kappa shape index (κ1) is 15.3. The van der Waals surface area contributed by atoms with Crippen LogP contribution in [0.5, 0.6) is 23.0 Å². The van der Waals surface area contributed by atoms with E-state index in [9.17, 15) is 20.1 Å². The van der Waals surface area contributed by atoms with Gasteiger partial charge >= 0.3 is 0 Å². The Morgan fingerprint density at radius 1 is 1.16 bits per heavy atom. The molecule has 0 saturated heterocycles. The van der Waals surface area contributed by atoms with Crippen LogP contribution in [-0.2, 0) is 4.74 Å². The molecule has 3 N–H and O–H groups in total. The molecule has 128 valence electrons. The molecule has 25 heavy (non-hydrogen) atoms. The molecule has 1 aliphatic rings. The molecule has 1 aromatic heterocycles. The zero-order valence-corrected chi connectivity index (χ0v) is 13.4. The van der Waals surface area contributed by atoms with E-state index >= 15 is 0 Å². The lowest BCUT2D eigenvalue weighted by Crippen LogP contribution is -2.21. The van der Waals surface area contributed by atoms with Crippen molar-refractivity contribution in [2.75, 3.05) is 7.11 Å². The first-order chi connectivity index (χ1) is 11.9. The molecule has 1 atom stereocenters. The Kier molecular flexibility index (Phi) is 3.16. The predicted molar refractivity (Wildman–Crippen MR) is 88.0 cm³/mol. The second-order valence-electron chi connectivity index (χ2n) is 5.78. The monoisotopic (exact) mass is 342 g/mol. The minimum atomic E-state index is -1.01. The van der Waals surface area contributed by atoms with E-state index in [1.807, 2.05) is 0 Å². The van der Waals surface area contributed by atoms with Crippen LogP contribution < -0.4 is 10.2 Å². The highest BCUT2D eigenvalue weighted by Gasteiger charge is 2.33. The van der Waals surface area contributed by atoms with E-state index in [-0.39, 0.29) is 50.9 Å². The van der Waals surface area contributed by atoms with E-state index in [2.05, 4.69) is 0 Å². The standard InChI is InChI=1S/C18H14O7/c1-7-10(20)6-12-14(15(7)21)16(22)13-9-4-3-8(19)5-11(9)25-18(23-2)17(13)24-12/h3-6,18-21H,1-2H3/t18-/m0/s1. The van der Waals surface area contributed by atoms with Crippen LogP contribution in [-0.4, -0.2) is 22.4 Å². The van der Waals surface area contributed by atoms with Gasteiger partial charge in [-0.3, -0.25) is 4.79 Å². The Bertz CT molecular complexity index is 1080. The van der Waals surface area contributed by atoms with Gasteiger partial charge in [0.15, 0.2) is 5.76 Å². The van der Waals surface area contributed by atoms with Gasteiger partial charge in [0.1, 0.15) is 34.0 Å². The molecular formula is C18H14O7. The van der Waals surface area contributed by atoms with E-state index in [0.717, 1.165) is 0 Å². The molecule has 0 saturated carbocycles.